The summed E-state index contributed by atoms with van der Waals surface area (Å²) in [5.41, 5.74) is 0. The highest BCUT2D eigenvalue weighted by atomic mass is 32.1. The van der Waals surface area contributed by atoms with E-state index in [-0.39, 0.29) is 12.4 Å². The van der Waals surface area contributed by atoms with E-state index >= 15 is 0 Å². The molecule has 1 unspecified atom stereocenters. The van der Waals surface area contributed by atoms with Crippen LogP contribution in [0.4, 0.5) is 0 Å². The third-order valence-electron chi connectivity index (χ3n) is 4.19. The number of carboxylic acid groups (broad SMARTS) is 3. The van der Waals surface area contributed by atoms with Gasteiger partial charge in [0.05, 0.1) is 5.92 Å². The zero-order valence-corrected chi connectivity index (χ0v) is 14.2. The molecule has 1 atom stereocenters. The lowest BCUT2D eigenvalue weighted by Gasteiger charge is -2.33. The third kappa shape index (κ3) is 4.55. The zero-order chi connectivity index (χ0) is 18.4. The number of benzene rings is 1. The Hall–Kier alpha value is -2.45. The van der Waals surface area contributed by atoms with E-state index in [1.165, 1.54) is 11.3 Å². The Labute approximate surface area is 148 Å². The van der Waals surface area contributed by atoms with Gasteiger partial charge in [0.15, 0.2) is 0 Å². The van der Waals surface area contributed by atoms with Gasteiger partial charge in [0.25, 0.3) is 6.47 Å². The van der Waals surface area contributed by atoms with Gasteiger partial charge in [-0.25, -0.2) is 0 Å². The van der Waals surface area contributed by atoms with Gasteiger partial charge < -0.3 is 15.3 Å². The quantitative estimate of drug-likeness (QED) is 0.713. The van der Waals surface area contributed by atoms with Crippen LogP contribution in [0.3, 0.4) is 0 Å². The lowest BCUT2D eigenvalue weighted by molar-refractivity contribution is -0.146. The summed E-state index contributed by atoms with van der Waals surface area (Å²) in [5, 5.41) is 26.6. The summed E-state index contributed by atoms with van der Waals surface area (Å²) < 4.78 is 1.07. The number of carbonyl (C=O) groups is 3. The molecule has 0 spiro atoms. The van der Waals surface area contributed by atoms with Crippen LogP contribution in [0.1, 0.15) is 23.8 Å². The van der Waals surface area contributed by atoms with Crippen molar-refractivity contribution in [1.82, 2.24) is 4.90 Å². The van der Waals surface area contributed by atoms with Crippen molar-refractivity contribution < 1.29 is 29.7 Å². The lowest BCUT2D eigenvalue weighted by atomic mass is 9.95. The monoisotopic (exact) mass is 365 g/mol. The Balaban J connectivity index is 0.000000701. The average molecular weight is 365 g/mol. The van der Waals surface area contributed by atoms with Crippen LogP contribution in [-0.4, -0.2) is 51.7 Å². The number of piperidine rings is 1. The van der Waals surface area contributed by atoms with Crippen LogP contribution in [0.5, 0.6) is 0 Å². The molecule has 3 rings (SSSR count). The molecule has 1 aromatic carbocycles. The molecule has 8 heteroatoms. The molecule has 0 bridgehead atoms. The minimum atomic E-state index is -0.875. The number of thiophene rings is 1. The van der Waals surface area contributed by atoms with Crippen LogP contribution in [0, 0.1) is 5.92 Å². The standard InChI is InChI=1S/C16H17NO4S.CH2O2/c18-15(19)10-5-7-17(8-6-10)14(16(20)21)13-9-11-3-1-2-4-12(11)22-13;2-1-3/h1-4,9-10,14H,5-8H2,(H,18,19)(H,20,21);1H,(H,2,3). The Morgan fingerprint density at radius 1 is 1.20 bits per heavy atom. The average Bonchev–Trinajstić information content (AvgIpc) is 2.99. The van der Waals surface area contributed by atoms with Crippen molar-refractivity contribution in [3.63, 3.8) is 0 Å². The molecule has 1 aliphatic heterocycles. The molecular weight excluding hydrogens is 346 g/mol. The summed E-state index contributed by atoms with van der Waals surface area (Å²) in [6.45, 7) is 0.754. The number of carboxylic acids is 2. The molecule has 0 amide bonds. The summed E-state index contributed by atoms with van der Waals surface area (Å²) in [6, 6.07) is 9.09. The van der Waals surface area contributed by atoms with E-state index in [0.29, 0.717) is 25.9 Å². The maximum absolute atomic E-state index is 11.7. The Bertz CT molecular complexity index is 717. The highest BCUT2D eigenvalue weighted by Crippen LogP contribution is 2.34. The van der Waals surface area contributed by atoms with Gasteiger partial charge in [-0.15, -0.1) is 11.3 Å². The molecular formula is C17H19NO6S. The maximum Gasteiger partial charge on any atom is 0.326 e. The number of hydrogen-bond donors (Lipinski definition) is 3. The predicted octanol–water partition coefficient (Wildman–Crippen LogP) is 2.52. The van der Waals surface area contributed by atoms with Crippen LogP contribution in [-0.2, 0) is 14.4 Å². The van der Waals surface area contributed by atoms with Crippen molar-refractivity contribution in [3.8, 4) is 0 Å². The molecule has 1 aromatic heterocycles. The van der Waals surface area contributed by atoms with E-state index < -0.39 is 18.0 Å². The van der Waals surface area contributed by atoms with Crippen LogP contribution in [0.25, 0.3) is 10.1 Å². The number of nitrogens with zero attached hydrogens (tertiary/aromatic N) is 1. The van der Waals surface area contributed by atoms with E-state index in [1.54, 1.807) is 0 Å². The maximum atomic E-state index is 11.7. The molecule has 0 aliphatic carbocycles. The summed E-state index contributed by atoms with van der Waals surface area (Å²) in [6.07, 6.45) is 1.01. The fourth-order valence-electron chi connectivity index (χ4n) is 3.00. The molecule has 3 N–H and O–H groups in total. The molecule has 7 nitrogen and oxygen atoms in total. The van der Waals surface area contributed by atoms with Gasteiger partial charge in [-0.2, -0.15) is 0 Å². The van der Waals surface area contributed by atoms with Crippen molar-refractivity contribution in [1.29, 1.82) is 0 Å². The van der Waals surface area contributed by atoms with Crippen molar-refractivity contribution in [3.05, 3.63) is 35.2 Å². The highest BCUT2D eigenvalue weighted by Gasteiger charge is 2.33. The molecule has 1 fully saturated rings. The SMILES string of the molecule is O=C(O)C1CCN(C(C(=O)O)c2cc3ccccc3s2)CC1.O=CO. The van der Waals surface area contributed by atoms with E-state index in [9.17, 15) is 14.7 Å². The van der Waals surface area contributed by atoms with Crippen LogP contribution in [0.2, 0.25) is 0 Å². The van der Waals surface area contributed by atoms with Gasteiger partial charge in [0.2, 0.25) is 0 Å². The van der Waals surface area contributed by atoms with Crippen molar-refractivity contribution in [2.45, 2.75) is 18.9 Å². The number of hydrogen-bond acceptors (Lipinski definition) is 5. The predicted molar refractivity (Wildman–Crippen MR) is 92.8 cm³/mol. The van der Waals surface area contributed by atoms with Crippen LogP contribution < -0.4 is 0 Å². The number of likely N-dealkylation sites (tertiary alicyclic amines) is 1. The summed E-state index contributed by atoms with van der Waals surface area (Å²) >= 11 is 1.50. The number of aliphatic carboxylic acids is 2. The van der Waals surface area contributed by atoms with E-state index in [0.717, 1.165) is 15.0 Å². The first-order chi connectivity index (χ1) is 12.0. The number of rotatable bonds is 4. The minimum absolute atomic E-state index is 0.250. The topological polar surface area (TPSA) is 115 Å². The molecule has 0 saturated carbocycles. The molecule has 1 saturated heterocycles. The molecule has 0 radical (unpaired) electrons. The zero-order valence-electron chi connectivity index (χ0n) is 13.4. The Morgan fingerprint density at radius 2 is 1.80 bits per heavy atom. The molecule has 25 heavy (non-hydrogen) atoms. The largest absolute Gasteiger partial charge is 0.483 e. The van der Waals surface area contributed by atoms with Crippen molar-refractivity contribution in [2.24, 2.45) is 5.92 Å². The van der Waals surface area contributed by atoms with Gasteiger partial charge in [-0.05, 0) is 30.4 Å². The summed E-state index contributed by atoms with van der Waals surface area (Å²) in [4.78, 5) is 33.8. The van der Waals surface area contributed by atoms with E-state index in [4.69, 9.17) is 15.0 Å². The van der Waals surface area contributed by atoms with Crippen LogP contribution in [0.15, 0.2) is 30.3 Å². The second-order valence-electron chi connectivity index (χ2n) is 5.68. The highest BCUT2D eigenvalue weighted by molar-refractivity contribution is 7.19. The lowest BCUT2D eigenvalue weighted by Crippen LogP contribution is -2.41. The Morgan fingerprint density at radius 3 is 2.32 bits per heavy atom. The van der Waals surface area contributed by atoms with Gasteiger partial charge >= 0.3 is 11.9 Å². The van der Waals surface area contributed by atoms with Gasteiger partial charge in [0.1, 0.15) is 6.04 Å². The van der Waals surface area contributed by atoms with E-state index in [1.807, 2.05) is 35.2 Å². The second kappa shape index (κ2) is 8.59. The molecule has 1 aliphatic rings. The fourth-order valence-corrected chi connectivity index (χ4v) is 4.19. The first-order valence-corrected chi connectivity index (χ1v) is 8.55. The summed E-state index contributed by atoms with van der Waals surface area (Å²) in [7, 11) is 0. The van der Waals surface area contributed by atoms with Crippen LogP contribution >= 0.6 is 11.3 Å². The fraction of sp³-hybridized carbons (Fsp3) is 0.353. The third-order valence-corrected chi connectivity index (χ3v) is 5.36. The Kier molecular flexibility index (Phi) is 6.49. The smallest absolute Gasteiger partial charge is 0.326 e. The normalized spacial score (nSPS) is 16.6. The van der Waals surface area contributed by atoms with Gasteiger partial charge in [0, 0.05) is 22.7 Å². The van der Waals surface area contributed by atoms with E-state index in [2.05, 4.69) is 0 Å². The molecule has 134 valence electrons. The molecule has 2 aromatic rings. The first kappa shape index (κ1) is 18.9. The van der Waals surface area contributed by atoms with Crippen molar-refractivity contribution >= 4 is 39.8 Å². The van der Waals surface area contributed by atoms with Gasteiger partial charge in [-0.1, -0.05) is 18.2 Å². The first-order valence-electron chi connectivity index (χ1n) is 7.74. The summed E-state index contributed by atoms with van der Waals surface area (Å²) in [5.74, 6) is -2.01. The second-order valence-corrected chi connectivity index (χ2v) is 6.80. The minimum Gasteiger partial charge on any atom is -0.483 e. The number of fused-ring (bicyclic) bond motifs is 1. The van der Waals surface area contributed by atoms with Crippen molar-refractivity contribution in [2.75, 3.05) is 13.1 Å². The molecule has 2 heterocycles. The van der Waals surface area contributed by atoms with Gasteiger partial charge in [-0.3, -0.25) is 19.3 Å².